The highest BCUT2D eigenvalue weighted by Gasteiger charge is 2.20. The van der Waals surface area contributed by atoms with Crippen molar-refractivity contribution < 1.29 is 4.79 Å². The number of carbonyl (C=O) groups excluding carboxylic acids is 1. The van der Waals surface area contributed by atoms with E-state index in [0.29, 0.717) is 10.3 Å². The van der Waals surface area contributed by atoms with Gasteiger partial charge >= 0.3 is 0 Å². The summed E-state index contributed by atoms with van der Waals surface area (Å²) in [6.45, 7) is 0. The summed E-state index contributed by atoms with van der Waals surface area (Å²) in [6.07, 6.45) is 0. The molecule has 0 unspecified atom stereocenters. The van der Waals surface area contributed by atoms with Crippen LogP contribution < -0.4 is 4.90 Å². The Morgan fingerprint density at radius 1 is 0.938 bits per heavy atom. The third-order valence-corrected chi connectivity index (χ3v) is 6.97. The van der Waals surface area contributed by atoms with Gasteiger partial charge in [0.25, 0.3) is 0 Å². The maximum atomic E-state index is 12.9. The molecule has 0 aliphatic rings. The van der Waals surface area contributed by atoms with Gasteiger partial charge in [-0.2, -0.15) is 0 Å². The molecule has 0 aliphatic carbocycles. The van der Waals surface area contributed by atoms with Crippen LogP contribution in [0.15, 0.2) is 90.1 Å². The van der Waals surface area contributed by atoms with Gasteiger partial charge < -0.3 is 0 Å². The molecule has 3 aromatic carbocycles. The summed E-state index contributed by atoms with van der Waals surface area (Å²) in [4.78, 5) is 19.1. The molecule has 0 atom stereocenters. The maximum Gasteiger partial charge on any atom is 0.238 e. The number of fused-ring (bicyclic) bond motifs is 1. The fourth-order valence-electron chi connectivity index (χ4n) is 3.28. The van der Waals surface area contributed by atoms with Crippen LogP contribution in [0, 0.1) is 0 Å². The highest BCUT2D eigenvalue weighted by molar-refractivity contribution is 7.99. The van der Waals surface area contributed by atoms with Crippen molar-refractivity contribution in [2.24, 2.45) is 0 Å². The molecule has 0 spiro atoms. The molecule has 1 amide bonds. The lowest BCUT2D eigenvalue weighted by Crippen LogP contribution is -2.27. The Kier molecular flexibility index (Phi) is 5.70. The molecule has 0 aliphatic heterocycles. The number of hydrogen-bond acceptors (Lipinski definition) is 6. The first kappa shape index (κ1) is 20.4. The van der Waals surface area contributed by atoms with E-state index < -0.39 is 0 Å². The van der Waals surface area contributed by atoms with Gasteiger partial charge in [-0.05, 0) is 24.3 Å². The summed E-state index contributed by atoms with van der Waals surface area (Å²) in [6, 6.07) is 27.8. The van der Waals surface area contributed by atoms with Gasteiger partial charge in [0.2, 0.25) is 5.91 Å². The number of aromatic nitrogens is 4. The van der Waals surface area contributed by atoms with Gasteiger partial charge in [0.15, 0.2) is 16.1 Å². The Morgan fingerprint density at radius 2 is 1.62 bits per heavy atom. The largest absolute Gasteiger partial charge is 0.290 e. The number of para-hydroxylation sites is 2. The second-order valence-corrected chi connectivity index (χ2v) is 9.00. The minimum Gasteiger partial charge on any atom is -0.290 e. The number of benzene rings is 3. The van der Waals surface area contributed by atoms with Gasteiger partial charge in [-0.15, -0.1) is 10.2 Å². The number of thiazole rings is 1. The van der Waals surface area contributed by atoms with Crippen LogP contribution in [0.3, 0.4) is 0 Å². The van der Waals surface area contributed by atoms with E-state index in [0.717, 1.165) is 27.3 Å². The molecule has 5 aromatic rings. The van der Waals surface area contributed by atoms with E-state index in [9.17, 15) is 4.79 Å². The van der Waals surface area contributed by atoms with Crippen LogP contribution in [0.1, 0.15) is 0 Å². The third-order valence-electron chi connectivity index (χ3n) is 4.95. The second kappa shape index (κ2) is 8.94. The van der Waals surface area contributed by atoms with E-state index >= 15 is 0 Å². The Balaban J connectivity index is 1.40. The molecule has 0 N–H and O–H groups in total. The minimum absolute atomic E-state index is 0.0436. The molecule has 0 saturated carbocycles. The van der Waals surface area contributed by atoms with Crippen molar-refractivity contribution in [2.75, 3.05) is 17.7 Å². The van der Waals surface area contributed by atoms with Crippen molar-refractivity contribution in [3.8, 4) is 17.1 Å². The first-order chi connectivity index (χ1) is 15.7. The van der Waals surface area contributed by atoms with Crippen LogP contribution in [0.2, 0.25) is 0 Å². The Morgan fingerprint density at radius 3 is 2.38 bits per heavy atom. The van der Waals surface area contributed by atoms with E-state index in [1.165, 1.54) is 23.1 Å². The Bertz CT molecular complexity index is 1330. The average molecular weight is 458 g/mol. The number of rotatable bonds is 6. The summed E-state index contributed by atoms with van der Waals surface area (Å²) in [5, 5.41) is 10.2. The number of hydrogen-bond donors (Lipinski definition) is 0. The number of anilines is 1. The number of nitrogens with zero attached hydrogens (tertiary/aromatic N) is 5. The number of amides is 1. The molecule has 8 heteroatoms. The molecule has 5 rings (SSSR count). The molecule has 0 radical (unpaired) electrons. The van der Waals surface area contributed by atoms with Gasteiger partial charge in [-0.1, -0.05) is 83.8 Å². The number of carbonyl (C=O) groups is 1. The number of thioether (sulfide) groups is 1. The van der Waals surface area contributed by atoms with Gasteiger partial charge in [0.1, 0.15) is 0 Å². The van der Waals surface area contributed by atoms with Crippen molar-refractivity contribution in [1.29, 1.82) is 0 Å². The average Bonchev–Trinajstić information content (AvgIpc) is 3.47. The zero-order valence-corrected chi connectivity index (χ0v) is 18.9. The highest BCUT2D eigenvalue weighted by Crippen LogP contribution is 2.30. The summed E-state index contributed by atoms with van der Waals surface area (Å²) < 4.78 is 3.05. The zero-order valence-electron chi connectivity index (χ0n) is 17.3. The van der Waals surface area contributed by atoms with E-state index in [-0.39, 0.29) is 11.7 Å². The van der Waals surface area contributed by atoms with Gasteiger partial charge in [0, 0.05) is 18.3 Å². The predicted octanol–water partition coefficient (Wildman–Crippen LogP) is 5.30. The first-order valence-corrected chi connectivity index (χ1v) is 11.8. The fraction of sp³-hybridized carbons (Fsp3) is 0.0833. The smallest absolute Gasteiger partial charge is 0.238 e. The van der Waals surface area contributed by atoms with Crippen molar-refractivity contribution in [3.63, 3.8) is 0 Å². The Labute approximate surface area is 193 Å². The maximum absolute atomic E-state index is 12.9. The van der Waals surface area contributed by atoms with Crippen molar-refractivity contribution in [3.05, 3.63) is 84.9 Å². The fourth-order valence-corrected chi connectivity index (χ4v) is 5.09. The lowest BCUT2D eigenvalue weighted by molar-refractivity contribution is -0.115. The molecule has 6 nitrogen and oxygen atoms in total. The second-order valence-electron chi connectivity index (χ2n) is 7.05. The van der Waals surface area contributed by atoms with Crippen molar-refractivity contribution >= 4 is 44.4 Å². The summed E-state index contributed by atoms with van der Waals surface area (Å²) in [5.74, 6) is 0.927. The third kappa shape index (κ3) is 4.02. The normalized spacial score (nSPS) is 11.0. The van der Waals surface area contributed by atoms with Crippen LogP contribution in [-0.2, 0) is 4.79 Å². The lowest BCUT2D eigenvalue weighted by Gasteiger charge is -2.14. The summed E-state index contributed by atoms with van der Waals surface area (Å²) in [7, 11) is 1.76. The molecule has 158 valence electrons. The molecular formula is C24H19N5OS2. The van der Waals surface area contributed by atoms with E-state index in [1.807, 2.05) is 89.5 Å². The predicted molar refractivity (Wildman–Crippen MR) is 131 cm³/mol. The molecule has 0 saturated heterocycles. The van der Waals surface area contributed by atoms with E-state index in [2.05, 4.69) is 15.2 Å². The molecule has 0 fully saturated rings. The Hall–Kier alpha value is -3.49. The first-order valence-electron chi connectivity index (χ1n) is 10.0. The van der Waals surface area contributed by atoms with Gasteiger partial charge in [-0.3, -0.25) is 14.3 Å². The quantitative estimate of drug-likeness (QED) is 0.324. The van der Waals surface area contributed by atoms with Crippen LogP contribution in [-0.4, -0.2) is 38.5 Å². The van der Waals surface area contributed by atoms with Gasteiger partial charge in [0.05, 0.1) is 16.0 Å². The topological polar surface area (TPSA) is 63.9 Å². The van der Waals surface area contributed by atoms with Crippen molar-refractivity contribution in [2.45, 2.75) is 5.16 Å². The van der Waals surface area contributed by atoms with E-state index in [1.54, 1.807) is 11.9 Å². The molecular weight excluding hydrogens is 438 g/mol. The standard InChI is InChI=1S/C24H19N5OS2/c1-28(23-25-19-14-8-9-15-20(19)32-23)21(30)16-31-24-27-26-22(17-10-4-2-5-11-17)29(24)18-12-6-3-7-13-18/h2-15H,16H2,1H3. The zero-order chi connectivity index (χ0) is 21.9. The van der Waals surface area contributed by atoms with Crippen LogP contribution >= 0.6 is 23.1 Å². The van der Waals surface area contributed by atoms with Crippen LogP contribution in [0.4, 0.5) is 5.13 Å². The van der Waals surface area contributed by atoms with Gasteiger partial charge in [-0.25, -0.2) is 4.98 Å². The molecule has 0 bridgehead atoms. The SMILES string of the molecule is CN(C(=O)CSc1nnc(-c2ccccc2)n1-c1ccccc1)c1nc2ccccc2s1. The lowest BCUT2D eigenvalue weighted by atomic mass is 10.2. The van der Waals surface area contributed by atoms with Crippen LogP contribution in [0.5, 0.6) is 0 Å². The summed E-state index contributed by atoms with van der Waals surface area (Å²) in [5.41, 5.74) is 2.82. The highest BCUT2D eigenvalue weighted by atomic mass is 32.2. The molecule has 2 heterocycles. The van der Waals surface area contributed by atoms with Crippen LogP contribution in [0.25, 0.3) is 27.3 Å². The van der Waals surface area contributed by atoms with Crippen molar-refractivity contribution in [1.82, 2.24) is 19.7 Å². The minimum atomic E-state index is -0.0436. The van der Waals surface area contributed by atoms with E-state index in [4.69, 9.17) is 0 Å². The molecule has 2 aromatic heterocycles. The monoisotopic (exact) mass is 457 g/mol. The summed E-state index contributed by atoms with van der Waals surface area (Å²) >= 11 is 2.88. The molecule has 32 heavy (non-hydrogen) atoms.